The van der Waals surface area contributed by atoms with Crippen molar-refractivity contribution < 1.29 is 13.7 Å². The van der Waals surface area contributed by atoms with Crippen LogP contribution in [0.3, 0.4) is 0 Å². The molecular weight excluding hydrogens is 372 g/mol. The molecule has 6 heteroatoms. The number of carbonyl (C=O) groups excluding carboxylic acids is 1. The molecule has 0 aromatic heterocycles. The van der Waals surface area contributed by atoms with Crippen LogP contribution in [0.15, 0.2) is 53.4 Å². The van der Waals surface area contributed by atoms with Gasteiger partial charge in [0, 0.05) is 35.0 Å². The van der Waals surface area contributed by atoms with E-state index in [9.17, 15) is 9.00 Å². The Morgan fingerprint density at radius 3 is 2.50 bits per heavy atom. The van der Waals surface area contributed by atoms with E-state index < -0.39 is 10.8 Å². The predicted molar refractivity (Wildman–Crippen MR) is 112 cm³/mol. The average Bonchev–Trinajstić information content (AvgIpc) is 3.17. The second-order valence-corrected chi connectivity index (χ2v) is 8.73. The fourth-order valence-corrected chi connectivity index (χ4v) is 4.11. The van der Waals surface area contributed by atoms with Crippen molar-refractivity contribution in [3.8, 4) is 5.75 Å². The largest absolute Gasteiger partial charge is 0.497 e. The Balaban J connectivity index is 1.51. The number of benzene rings is 2. The van der Waals surface area contributed by atoms with Crippen molar-refractivity contribution in [3.05, 3.63) is 59.7 Å². The molecule has 0 saturated carbocycles. The monoisotopic (exact) mass is 400 g/mol. The van der Waals surface area contributed by atoms with Crippen molar-refractivity contribution >= 4 is 16.8 Å². The van der Waals surface area contributed by atoms with Gasteiger partial charge < -0.3 is 15.0 Å². The Bertz CT molecular complexity index is 821. The third-order valence-corrected chi connectivity index (χ3v) is 6.24. The number of amides is 2. The highest BCUT2D eigenvalue weighted by Gasteiger charge is 2.27. The van der Waals surface area contributed by atoms with Gasteiger partial charge in [0.25, 0.3) is 0 Å². The summed E-state index contributed by atoms with van der Waals surface area (Å²) in [5.74, 6) is 1.34. The lowest BCUT2D eigenvalue weighted by Gasteiger charge is -2.21. The molecule has 1 heterocycles. The Labute approximate surface area is 169 Å². The Hall–Kier alpha value is -2.34. The molecule has 150 valence electrons. The molecule has 2 aromatic rings. The number of nitrogens with one attached hydrogen (secondary N) is 1. The molecule has 1 aliphatic heterocycles. The van der Waals surface area contributed by atoms with Crippen LogP contribution in [0.2, 0.25) is 0 Å². The molecule has 1 fully saturated rings. The first-order valence-corrected chi connectivity index (χ1v) is 11.1. The van der Waals surface area contributed by atoms with Gasteiger partial charge in [-0.15, -0.1) is 0 Å². The summed E-state index contributed by atoms with van der Waals surface area (Å²) >= 11 is 0. The molecule has 1 N–H and O–H groups in total. The summed E-state index contributed by atoms with van der Waals surface area (Å²) in [5.41, 5.74) is 2.28. The van der Waals surface area contributed by atoms with Crippen LogP contribution in [0.4, 0.5) is 4.79 Å². The first-order valence-electron chi connectivity index (χ1n) is 9.58. The molecule has 3 atom stereocenters. The topological polar surface area (TPSA) is 58.6 Å². The van der Waals surface area contributed by atoms with E-state index >= 15 is 0 Å². The van der Waals surface area contributed by atoms with E-state index in [1.54, 1.807) is 13.4 Å². The minimum atomic E-state index is -0.989. The van der Waals surface area contributed by atoms with E-state index in [1.807, 2.05) is 48.2 Å². The summed E-state index contributed by atoms with van der Waals surface area (Å²) in [4.78, 5) is 15.3. The lowest BCUT2D eigenvalue weighted by Crippen LogP contribution is -2.39. The maximum Gasteiger partial charge on any atom is 0.317 e. The summed E-state index contributed by atoms with van der Waals surface area (Å²) in [7, 11) is 0.680. The van der Waals surface area contributed by atoms with Crippen LogP contribution in [-0.2, 0) is 17.2 Å². The maximum atomic E-state index is 12.6. The zero-order chi connectivity index (χ0) is 20.1. The summed E-state index contributed by atoms with van der Waals surface area (Å²) in [6.07, 6.45) is 3.65. The van der Waals surface area contributed by atoms with Crippen molar-refractivity contribution in [3.63, 3.8) is 0 Å². The quantitative estimate of drug-likeness (QED) is 0.803. The van der Waals surface area contributed by atoms with Gasteiger partial charge in [0.2, 0.25) is 0 Å². The molecule has 5 nitrogen and oxygen atoms in total. The van der Waals surface area contributed by atoms with Gasteiger partial charge in [0.1, 0.15) is 5.75 Å². The second kappa shape index (κ2) is 9.24. The van der Waals surface area contributed by atoms with Gasteiger partial charge in [-0.25, -0.2) is 4.79 Å². The van der Waals surface area contributed by atoms with E-state index in [-0.39, 0.29) is 12.1 Å². The van der Waals surface area contributed by atoms with Gasteiger partial charge in [-0.2, -0.15) is 0 Å². The van der Waals surface area contributed by atoms with E-state index in [2.05, 4.69) is 17.4 Å². The fourth-order valence-electron chi connectivity index (χ4n) is 3.59. The van der Waals surface area contributed by atoms with Crippen LogP contribution in [0.25, 0.3) is 0 Å². The van der Waals surface area contributed by atoms with Gasteiger partial charge in [-0.3, -0.25) is 4.21 Å². The number of urea groups is 1. The van der Waals surface area contributed by atoms with Crippen LogP contribution in [-0.4, -0.2) is 41.6 Å². The molecule has 3 unspecified atom stereocenters. The van der Waals surface area contributed by atoms with Crippen LogP contribution < -0.4 is 10.1 Å². The van der Waals surface area contributed by atoms with Crippen LogP contribution >= 0.6 is 0 Å². The molecule has 2 aromatic carbocycles. The molecule has 0 radical (unpaired) electrons. The van der Waals surface area contributed by atoms with Crippen molar-refractivity contribution in [1.29, 1.82) is 0 Å². The molecule has 2 amide bonds. The smallest absolute Gasteiger partial charge is 0.317 e. The second-order valence-electron chi connectivity index (χ2n) is 7.35. The lowest BCUT2D eigenvalue weighted by atomic mass is 9.99. The molecule has 28 heavy (non-hydrogen) atoms. The molecule has 1 aliphatic rings. The number of nitrogens with zero attached hydrogens (tertiary/aromatic N) is 1. The van der Waals surface area contributed by atoms with Crippen LogP contribution in [0, 0.1) is 5.92 Å². The first kappa shape index (κ1) is 20.4. The number of hydrogen-bond acceptors (Lipinski definition) is 3. The first-order chi connectivity index (χ1) is 13.5. The van der Waals surface area contributed by atoms with Gasteiger partial charge in [0.15, 0.2) is 0 Å². The fraction of sp³-hybridized carbons (Fsp3) is 0.409. The minimum Gasteiger partial charge on any atom is -0.497 e. The van der Waals surface area contributed by atoms with E-state index in [1.165, 1.54) is 5.56 Å². The van der Waals surface area contributed by atoms with Crippen molar-refractivity contribution in [2.75, 3.05) is 26.5 Å². The maximum absolute atomic E-state index is 12.6. The zero-order valence-electron chi connectivity index (χ0n) is 16.7. The molecule has 0 bridgehead atoms. The normalized spacial score (nSPS) is 18.5. The molecule has 1 saturated heterocycles. The van der Waals surface area contributed by atoms with E-state index in [0.29, 0.717) is 5.92 Å². The highest BCUT2D eigenvalue weighted by Crippen LogP contribution is 2.23. The standard InChI is InChI=1S/C22H28N2O3S/c1-16(19-6-10-21(11-7-19)28(3)26)23-22(25)24-13-12-18(15-24)14-17-4-8-20(27-2)9-5-17/h4-11,16,18H,12-15H2,1-3H3,(H,23,25). The van der Waals surface area contributed by atoms with Gasteiger partial charge >= 0.3 is 6.03 Å². The summed E-state index contributed by atoms with van der Waals surface area (Å²) in [6.45, 7) is 3.53. The molecular formula is C22H28N2O3S. The Morgan fingerprint density at radius 1 is 1.21 bits per heavy atom. The summed E-state index contributed by atoms with van der Waals surface area (Å²) in [6, 6.07) is 15.6. The van der Waals surface area contributed by atoms with Gasteiger partial charge in [0.05, 0.1) is 13.2 Å². The number of carbonyl (C=O) groups is 1. The number of likely N-dealkylation sites (tertiary alicyclic amines) is 1. The van der Waals surface area contributed by atoms with Crippen LogP contribution in [0.5, 0.6) is 5.75 Å². The van der Waals surface area contributed by atoms with Crippen molar-refractivity contribution in [2.24, 2.45) is 5.92 Å². The van der Waals surface area contributed by atoms with E-state index in [4.69, 9.17) is 4.74 Å². The van der Waals surface area contributed by atoms with E-state index in [0.717, 1.165) is 42.1 Å². The van der Waals surface area contributed by atoms with Gasteiger partial charge in [-0.1, -0.05) is 24.3 Å². The highest BCUT2D eigenvalue weighted by molar-refractivity contribution is 7.84. The lowest BCUT2D eigenvalue weighted by molar-refractivity contribution is 0.203. The SMILES string of the molecule is COc1ccc(CC2CCN(C(=O)NC(C)c3ccc(S(C)=O)cc3)C2)cc1. The Morgan fingerprint density at radius 2 is 1.89 bits per heavy atom. The zero-order valence-corrected chi connectivity index (χ0v) is 17.5. The highest BCUT2D eigenvalue weighted by atomic mass is 32.2. The number of methoxy groups -OCH3 is 1. The minimum absolute atomic E-state index is 0.0205. The van der Waals surface area contributed by atoms with Crippen molar-refractivity contribution in [2.45, 2.75) is 30.7 Å². The van der Waals surface area contributed by atoms with Gasteiger partial charge in [-0.05, 0) is 61.1 Å². The Kier molecular flexibility index (Phi) is 6.73. The molecule has 0 aliphatic carbocycles. The summed E-state index contributed by atoms with van der Waals surface area (Å²) < 4.78 is 16.7. The number of ether oxygens (including phenoxy) is 1. The van der Waals surface area contributed by atoms with Crippen LogP contribution in [0.1, 0.15) is 30.5 Å². The third kappa shape index (κ3) is 5.13. The van der Waals surface area contributed by atoms with Crippen molar-refractivity contribution in [1.82, 2.24) is 10.2 Å². The number of rotatable bonds is 6. The summed E-state index contributed by atoms with van der Waals surface area (Å²) in [5, 5.41) is 3.08. The molecule has 3 rings (SSSR count). The average molecular weight is 401 g/mol. The predicted octanol–water partition coefficient (Wildman–Crippen LogP) is 3.77. The third-order valence-electron chi connectivity index (χ3n) is 5.31. The number of hydrogen-bond donors (Lipinski definition) is 1. The molecule has 0 spiro atoms.